The number of carbonyl (C=O) groups excluding carboxylic acids is 1. The normalized spacial score (nSPS) is 10.8. The topological polar surface area (TPSA) is 51.5 Å². The molecule has 2 rings (SSSR count). The van der Waals surface area contributed by atoms with Crippen molar-refractivity contribution < 1.29 is 13.9 Å². The van der Waals surface area contributed by atoms with E-state index in [9.17, 15) is 4.79 Å². The Balaban J connectivity index is 1.81. The first-order valence-corrected chi connectivity index (χ1v) is 7.83. The lowest BCUT2D eigenvalue weighted by Gasteiger charge is -2.00. The highest BCUT2D eigenvalue weighted by Crippen LogP contribution is 2.22. The van der Waals surface area contributed by atoms with Gasteiger partial charge in [0.15, 0.2) is 0 Å². The molecule has 0 aliphatic heterocycles. The molecule has 20 heavy (non-hydrogen) atoms. The van der Waals surface area contributed by atoms with Crippen LogP contribution in [0.2, 0.25) is 0 Å². The second-order valence-electron chi connectivity index (χ2n) is 4.31. The summed E-state index contributed by atoms with van der Waals surface area (Å²) in [7, 11) is 1.37. The van der Waals surface area contributed by atoms with Crippen LogP contribution in [0.3, 0.4) is 0 Å². The van der Waals surface area contributed by atoms with E-state index in [-0.39, 0.29) is 5.97 Å². The van der Waals surface area contributed by atoms with Gasteiger partial charge in [-0.25, -0.2) is 4.79 Å². The molecule has 0 amide bonds. The van der Waals surface area contributed by atoms with E-state index in [0.29, 0.717) is 17.9 Å². The lowest BCUT2D eigenvalue weighted by molar-refractivity contribution is 0.0599. The first kappa shape index (κ1) is 15.3. The lowest BCUT2D eigenvalue weighted by atomic mass is 10.2. The Morgan fingerprint density at radius 2 is 2.30 bits per heavy atom. The number of thiophene rings is 1. The maximum atomic E-state index is 11.5. The monoisotopic (exact) mass is 357 g/mol. The molecular weight excluding hydrogens is 342 g/mol. The number of aryl methyl sites for hydroxylation is 1. The molecule has 0 aliphatic rings. The number of carbonyl (C=O) groups is 1. The molecule has 6 heteroatoms. The van der Waals surface area contributed by atoms with Gasteiger partial charge < -0.3 is 14.5 Å². The quantitative estimate of drug-likeness (QED) is 0.634. The Bertz CT molecular complexity index is 591. The van der Waals surface area contributed by atoms with Crippen LogP contribution in [0.5, 0.6) is 0 Å². The van der Waals surface area contributed by atoms with E-state index in [1.165, 1.54) is 12.0 Å². The highest BCUT2D eigenvalue weighted by atomic mass is 79.9. The first-order chi connectivity index (χ1) is 9.60. The molecule has 0 saturated carbocycles. The molecule has 0 saturated heterocycles. The van der Waals surface area contributed by atoms with Crippen LogP contribution in [-0.4, -0.2) is 19.6 Å². The number of esters is 1. The Kier molecular flexibility index (Phi) is 5.39. The van der Waals surface area contributed by atoms with Gasteiger partial charge in [-0.05, 0) is 47.5 Å². The van der Waals surface area contributed by atoms with Gasteiger partial charge in [0, 0.05) is 11.4 Å². The minimum atomic E-state index is -0.360. The molecule has 2 heterocycles. The molecule has 0 fully saturated rings. The summed E-state index contributed by atoms with van der Waals surface area (Å²) in [5, 5.41) is 3.30. The molecular formula is C14H16BrNO3S. The molecule has 4 nitrogen and oxygen atoms in total. The summed E-state index contributed by atoms with van der Waals surface area (Å²) in [6.07, 6.45) is 0.972. The number of ether oxygens (including phenoxy) is 1. The van der Waals surface area contributed by atoms with Crippen LogP contribution in [-0.2, 0) is 17.7 Å². The summed E-state index contributed by atoms with van der Waals surface area (Å²) in [5.74, 6) is 0.979. The van der Waals surface area contributed by atoms with E-state index in [2.05, 4.69) is 33.4 Å². The number of furan rings is 1. The molecule has 1 N–H and O–H groups in total. The number of hydrogen-bond donors (Lipinski definition) is 1. The Hall–Kier alpha value is -1.11. The fraction of sp³-hybridized carbons (Fsp3) is 0.357. The molecule has 0 radical (unpaired) electrons. The van der Waals surface area contributed by atoms with Crippen LogP contribution in [0.1, 0.15) is 26.8 Å². The van der Waals surface area contributed by atoms with Crippen molar-refractivity contribution in [3.05, 3.63) is 43.9 Å². The van der Waals surface area contributed by atoms with Gasteiger partial charge in [-0.2, -0.15) is 0 Å². The van der Waals surface area contributed by atoms with Crippen molar-refractivity contribution in [2.75, 3.05) is 13.7 Å². The number of nitrogens with one attached hydrogen (secondary N) is 1. The van der Waals surface area contributed by atoms with Crippen molar-refractivity contribution >= 4 is 33.2 Å². The van der Waals surface area contributed by atoms with Crippen LogP contribution >= 0.6 is 27.3 Å². The van der Waals surface area contributed by atoms with Crippen LogP contribution < -0.4 is 5.32 Å². The average Bonchev–Trinajstić information content (AvgIpc) is 3.00. The first-order valence-electron chi connectivity index (χ1n) is 6.22. The van der Waals surface area contributed by atoms with Gasteiger partial charge in [0.2, 0.25) is 0 Å². The highest BCUT2D eigenvalue weighted by Gasteiger charge is 2.14. The summed E-state index contributed by atoms with van der Waals surface area (Å²) in [6.45, 7) is 3.23. The van der Waals surface area contributed by atoms with Gasteiger partial charge in [-0.1, -0.05) is 0 Å². The third-order valence-electron chi connectivity index (χ3n) is 2.85. The van der Waals surface area contributed by atoms with Crippen molar-refractivity contribution in [2.24, 2.45) is 0 Å². The van der Waals surface area contributed by atoms with Crippen molar-refractivity contribution in [1.29, 1.82) is 0 Å². The fourth-order valence-corrected chi connectivity index (χ4v) is 3.34. The standard InChI is InChI=1S/C14H16BrNO3S/c1-9-12(14(17)18-2)7-10(19-9)8-16-6-5-11-3-4-13(15)20-11/h3-4,7,16H,5-6,8H2,1-2H3. The zero-order valence-electron chi connectivity index (χ0n) is 11.4. The SMILES string of the molecule is COC(=O)c1cc(CNCCc2ccc(Br)s2)oc1C. The van der Waals surface area contributed by atoms with Gasteiger partial charge >= 0.3 is 5.97 Å². The van der Waals surface area contributed by atoms with Crippen LogP contribution in [0, 0.1) is 6.92 Å². The van der Waals surface area contributed by atoms with Gasteiger partial charge in [0.1, 0.15) is 17.1 Å². The zero-order chi connectivity index (χ0) is 14.5. The molecule has 2 aromatic heterocycles. The Morgan fingerprint density at radius 1 is 1.50 bits per heavy atom. The average molecular weight is 358 g/mol. The molecule has 0 atom stereocenters. The Morgan fingerprint density at radius 3 is 2.95 bits per heavy atom. The second kappa shape index (κ2) is 7.06. The molecule has 0 spiro atoms. The van der Waals surface area contributed by atoms with E-state index < -0.39 is 0 Å². The number of methoxy groups -OCH3 is 1. The summed E-state index contributed by atoms with van der Waals surface area (Å²) in [5.41, 5.74) is 0.492. The van der Waals surface area contributed by atoms with Crippen molar-refractivity contribution in [3.63, 3.8) is 0 Å². The van der Waals surface area contributed by atoms with Crippen molar-refractivity contribution in [1.82, 2.24) is 5.32 Å². The van der Waals surface area contributed by atoms with Crippen molar-refractivity contribution in [2.45, 2.75) is 19.9 Å². The summed E-state index contributed by atoms with van der Waals surface area (Å²) >= 11 is 5.19. The Labute approximate surface area is 130 Å². The maximum Gasteiger partial charge on any atom is 0.341 e. The van der Waals surface area contributed by atoms with Gasteiger partial charge in [0.25, 0.3) is 0 Å². The van der Waals surface area contributed by atoms with Gasteiger partial charge in [-0.3, -0.25) is 0 Å². The summed E-state index contributed by atoms with van der Waals surface area (Å²) in [4.78, 5) is 12.8. The van der Waals surface area contributed by atoms with Crippen LogP contribution in [0.25, 0.3) is 0 Å². The van der Waals surface area contributed by atoms with E-state index >= 15 is 0 Å². The van der Waals surface area contributed by atoms with E-state index in [1.54, 1.807) is 24.3 Å². The molecule has 0 unspecified atom stereocenters. The zero-order valence-corrected chi connectivity index (χ0v) is 13.8. The van der Waals surface area contributed by atoms with E-state index in [4.69, 9.17) is 9.15 Å². The number of halogens is 1. The van der Waals surface area contributed by atoms with E-state index in [1.807, 2.05) is 0 Å². The fourth-order valence-electron chi connectivity index (χ4n) is 1.85. The third kappa shape index (κ3) is 3.94. The van der Waals surface area contributed by atoms with Crippen LogP contribution in [0.15, 0.2) is 26.4 Å². The predicted molar refractivity (Wildman–Crippen MR) is 82.2 cm³/mol. The van der Waals surface area contributed by atoms with E-state index in [0.717, 1.165) is 22.5 Å². The van der Waals surface area contributed by atoms with Gasteiger partial charge in [0.05, 0.1) is 17.4 Å². The number of rotatable bonds is 6. The molecule has 0 aliphatic carbocycles. The summed E-state index contributed by atoms with van der Waals surface area (Å²) < 4.78 is 11.4. The summed E-state index contributed by atoms with van der Waals surface area (Å²) in [6, 6.07) is 5.90. The minimum absolute atomic E-state index is 0.360. The minimum Gasteiger partial charge on any atom is -0.465 e. The van der Waals surface area contributed by atoms with Crippen molar-refractivity contribution in [3.8, 4) is 0 Å². The van der Waals surface area contributed by atoms with Gasteiger partial charge in [-0.15, -0.1) is 11.3 Å². The predicted octanol–water partition coefficient (Wildman–Crippen LogP) is 3.53. The smallest absolute Gasteiger partial charge is 0.341 e. The maximum absolute atomic E-state index is 11.5. The largest absolute Gasteiger partial charge is 0.465 e. The molecule has 0 aromatic carbocycles. The lowest BCUT2D eigenvalue weighted by Crippen LogP contribution is -2.15. The molecule has 0 bridgehead atoms. The second-order valence-corrected chi connectivity index (χ2v) is 6.85. The van der Waals surface area contributed by atoms with Crippen LogP contribution in [0.4, 0.5) is 0 Å². The molecule has 2 aromatic rings. The third-order valence-corrected chi connectivity index (χ3v) is 4.53. The number of hydrogen-bond acceptors (Lipinski definition) is 5. The molecule has 108 valence electrons. The highest BCUT2D eigenvalue weighted by molar-refractivity contribution is 9.11.